The number of hydrogen-bond donors (Lipinski definition) is 1. The van der Waals surface area contributed by atoms with Crippen LogP contribution in [0.1, 0.15) is 43.6 Å². The smallest absolute Gasteiger partial charge is 0.305 e. The Bertz CT molecular complexity index is 1270. The van der Waals surface area contributed by atoms with Crippen molar-refractivity contribution in [3.8, 4) is 17.3 Å². The summed E-state index contributed by atoms with van der Waals surface area (Å²) in [7, 11) is 1.41. The molecule has 178 valence electrons. The molecule has 10 heteroatoms. The number of rotatable bonds is 11. The Hall–Kier alpha value is -3.95. The molecule has 0 radical (unpaired) electrons. The highest BCUT2D eigenvalue weighted by atomic mass is 16.5. The number of furan rings is 1. The van der Waals surface area contributed by atoms with Crippen molar-refractivity contribution in [2.24, 2.45) is 0 Å². The van der Waals surface area contributed by atoms with Crippen LogP contribution in [0.25, 0.3) is 22.6 Å². The van der Waals surface area contributed by atoms with Crippen LogP contribution in [0.3, 0.4) is 0 Å². The monoisotopic (exact) mass is 464 g/mol. The summed E-state index contributed by atoms with van der Waals surface area (Å²) in [4.78, 5) is 28.9. The molecule has 0 aromatic carbocycles. The lowest BCUT2D eigenvalue weighted by Crippen LogP contribution is -2.06. The van der Waals surface area contributed by atoms with Gasteiger partial charge in [0.05, 0.1) is 32.3 Å². The number of nitrogens with zero attached hydrogens (tertiary/aromatic N) is 5. The van der Waals surface area contributed by atoms with Crippen LogP contribution in [-0.4, -0.2) is 44.2 Å². The van der Waals surface area contributed by atoms with E-state index < -0.39 is 0 Å². The third kappa shape index (κ3) is 5.69. The number of aromatic nitrogens is 5. The number of aryl methyl sites for hydroxylation is 1. The van der Waals surface area contributed by atoms with Gasteiger partial charge in [-0.2, -0.15) is 4.98 Å². The Labute approximate surface area is 197 Å². The predicted molar refractivity (Wildman–Crippen MR) is 126 cm³/mol. The standard InChI is InChI=1S/C24H28N6O4/c1-16-11-12-18(34-16)21-22-23(29-24(25)28-21)30(15-26-22)14-17-8-7-9-19(27-17)33-13-6-4-3-5-10-20(31)32-2/h7-9,11-12,15H,3-6,10,13-14H2,1-2H3,(H2,25,28,29). The Morgan fingerprint density at radius 3 is 2.74 bits per heavy atom. The Morgan fingerprint density at radius 1 is 1.09 bits per heavy atom. The van der Waals surface area contributed by atoms with Crippen molar-refractivity contribution in [2.75, 3.05) is 19.5 Å². The van der Waals surface area contributed by atoms with Crippen LogP contribution in [0, 0.1) is 6.92 Å². The zero-order valence-electron chi connectivity index (χ0n) is 19.4. The molecule has 0 spiro atoms. The summed E-state index contributed by atoms with van der Waals surface area (Å²) in [5.74, 6) is 1.93. The molecule has 4 aromatic rings. The molecule has 0 unspecified atom stereocenters. The first-order chi connectivity index (χ1) is 16.5. The SMILES string of the molecule is COC(=O)CCCCCCOc1cccc(Cn2cnc3c(-c4ccc(C)o4)nc(N)nc32)n1. The highest BCUT2D eigenvalue weighted by molar-refractivity contribution is 5.86. The van der Waals surface area contributed by atoms with Gasteiger partial charge in [-0.25, -0.2) is 15.0 Å². The summed E-state index contributed by atoms with van der Waals surface area (Å²) >= 11 is 0. The normalized spacial score (nSPS) is 11.1. The second kappa shape index (κ2) is 10.8. The van der Waals surface area contributed by atoms with Crippen LogP contribution in [0.15, 0.2) is 41.1 Å². The molecule has 34 heavy (non-hydrogen) atoms. The topological polar surface area (TPSA) is 131 Å². The summed E-state index contributed by atoms with van der Waals surface area (Å²) in [5, 5.41) is 0. The number of esters is 1. The first-order valence-electron chi connectivity index (χ1n) is 11.2. The third-order valence-corrected chi connectivity index (χ3v) is 5.32. The molecule has 0 fully saturated rings. The molecule has 0 saturated heterocycles. The molecular formula is C24H28N6O4. The van der Waals surface area contributed by atoms with E-state index in [4.69, 9.17) is 14.9 Å². The van der Waals surface area contributed by atoms with E-state index in [2.05, 4.69) is 24.7 Å². The molecule has 4 heterocycles. The van der Waals surface area contributed by atoms with E-state index in [0.717, 1.165) is 37.1 Å². The number of ether oxygens (including phenoxy) is 2. The van der Waals surface area contributed by atoms with Gasteiger partial charge in [-0.1, -0.05) is 18.9 Å². The second-order valence-corrected chi connectivity index (χ2v) is 7.94. The molecular weight excluding hydrogens is 436 g/mol. The van der Waals surface area contributed by atoms with Crippen LogP contribution in [0.4, 0.5) is 5.95 Å². The molecule has 0 aliphatic rings. The van der Waals surface area contributed by atoms with E-state index in [1.165, 1.54) is 7.11 Å². The molecule has 0 aliphatic heterocycles. The third-order valence-electron chi connectivity index (χ3n) is 5.32. The van der Waals surface area contributed by atoms with E-state index in [1.807, 2.05) is 41.8 Å². The zero-order valence-corrected chi connectivity index (χ0v) is 19.4. The van der Waals surface area contributed by atoms with Gasteiger partial charge < -0.3 is 24.2 Å². The summed E-state index contributed by atoms with van der Waals surface area (Å²) in [6.45, 7) is 2.89. The van der Waals surface area contributed by atoms with E-state index in [-0.39, 0.29) is 11.9 Å². The number of carbonyl (C=O) groups is 1. The van der Waals surface area contributed by atoms with Crippen molar-refractivity contribution < 1.29 is 18.7 Å². The van der Waals surface area contributed by atoms with Crippen LogP contribution in [0.2, 0.25) is 0 Å². The lowest BCUT2D eigenvalue weighted by Gasteiger charge is -2.08. The molecule has 2 N–H and O–H groups in total. The van der Waals surface area contributed by atoms with Gasteiger partial charge in [0.2, 0.25) is 11.8 Å². The molecule has 0 atom stereocenters. The van der Waals surface area contributed by atoms with E-state index in [1.54, 1.807) is 6.33 Å². The lowest BCUT2D eigenvalue weighted by atomic mass is 10.1. The van der Waals surface area contributed by atoms with Gasteiger partial charge in [0.25, 0.3) is 0 Å². The fourth-order valence-corrected chi connectivity index (χ4v) is 3.61. The highest BCUT2D eigenvalue weighted by Crippen LogP contribution is 2.27. The fraction of sp³-hybridized carbons (Fsp3) is 0.375. The number of nitrogens with two attached hydrogens (primary N) is 1. The quantitative estimate of drug-likeness (QED) is 0.259. The number of imidazole rings is 1. The molecule has 0 amide bonds. The second-order valence-electron chi connectivity index (χ2n) is 7.94. The average molecular weight is 465 g/mol. The number of nitrogen functional groups attached to an aromatic ring is 1. The van der Waals surface area contributed by atoms with Crippen LogP contribution in [0.5, 0.6) is 5.88 Å². The van der Waals surface area contributed by atoms with Gasteiger partial charge in [0.1, 0.15) is 17.0 Å². The number of hydrogen-bond acceptors (Lipinski definition) is 9. The number of pyridine rings is 1. The number of fused-ring (bicyclic) bond motifs is 1. The lowest BCUT2D eigenvalue weighted by molar-refractivity contribution is -0.140. The van der Waals surface area contributed by atoms with Gasteiger partial charge in [-0.05, 0) is 38.0 Å². The largest absolute Gasteiger partial charge is 0.478 e. The van der Waals surface area contributed by atoms with Gasteiger partial charge >= 0.3 is 5.97 Å². The first kappa shape index (κ1) is 23.2. The minimum absolute atomic E-state index is 0.148. The zero-order chi connectivity index (χ0) is 23.9. The summed E-state index contributed by atoms with van der Waals surface area (Å²) < 4.78 is 18.1. The maximum Gasteiger partial charge on any atom is 0.305 e. The van der Waals surface area contributed by atoms with Gasteiger partial charge in [0.15, 0.2) is 11.4 Å². The Morgan fingerprint density at radius 2 is 1.94 bits per heavy atom. The molecule has 10 nitrogen and oxygen atoms in total. The van der Waals surface area contributed by atoms with Gasteiger partial charge in [0, 0.05) is 12.5 Å². The van der Waals surface area contributed by atoms with Crippen LogP contribution >= 0.6 is 0 Å². The van der Waals surface area contributed by atoms with Crippen molar-refractivity contribution in [3.63, 3.8) is 0 Å². The molecule has 0 saturated carbocycles. The first-order valence-corrected chi connectivity index (χ1v) is 11.2. The maximum absolute atomic E-state index is 11.1. The van der Waals surface area contributed by atoms with Crippen molar-refractivity contribution in [1.29, 1.82) is 0 Å². The number of anilines is 1. The number of unbranched alkanes of at least 4 members (excludes halogenated alkanes) is 3. The minimum Gasteiger partial charge on any atom is -0.478 e. The fourth-order valence-electron chi connectivity index (χ4n) is 3.61. The average Bonchev–Trinajstić information content (AvgIpc) is 3.44. The predicted octanol–water partition coefficient (Wildman–Crippen LogP) is 3.92. The summed E-state index contributed by atoms with van der Waals surface area (Å²) in [5.41, 5.74) is 8.56. The number of carbonyl (C=O) groups excluding carboxylic acids is 1. The van der Waals surface area contributed by atoms with Crippen LogP contribution in [-0.2, 0) is 16.1 Å². The Balaban J connectivity index is 1.38. The molecule has 0 bridgehead atoms. The summed E-state index contributed by atoms with van der Waals surface area (Å²) in [6, 6.07) is 9.38. The van der Waals surface area contributed by atoms with Crippen LogP contribution < -0.4 is 10.5 Å². The molecule has 4 rings (SSSR count). The van der Waals surface area contributed by atoms with Crippen molar-refractivity contribution in [2.45, 2.75) is 45.6 Å². The summed E-state index contributed by atoms with van der Waals surface area (Å²) in [6.07, 6.45) is 5.82. The molecule has 0 aliphatic carbocycles. The van der Waals surface area contributed by atoms with Gasteiger partial charge in [-0.3, -0.25) is 4.79 Å². The minimum atomic E-state index is -0.163. The highest BCUT2D eigenvalue weighted by Gasteiger charge is 2.17. The van der Waals surface area contributed by atoms with E-state index >= 15 is 0 Å². The number of methoxy groups -OCH3 is 1. The maximum atomic E-state index is 11.1. The van der Waals surface area contributed by atoms with E-state index in [9.17, 15) is 4.79 Å². The van der Waals surface area contributed by atoms with E-state index in [0.29, 0.717) is 48.1 Å². The Kier molecular flexibility index (Phi) is 7.36. The van der Waals surface area contributed by atoms with Gasteiger partial charge in [-0.15, -0.1) is 0 Å². The molecule has 4 aromatic heterocycles. The van der Waals surface area contributed by atoms with Crippen molar-refractivity contribution >= 4 is 23.1 Å². The van der Waals surface area contributed by atoms with Crippen molar-refractivity contribution in [3.05, 3.63) is 48.1 Å². The van der Waals surface area contributed by atoms with Crippen molar-refractivity contribution in [1.82, 2.24) is 24.5 Å².